The third kappa shape index (κ3) is 19.0. The van der Waals surface area contributed by atoms with E-state index in [0.29, 0.717) is 32.2 Å². The number of ether oxygens (including phenoxy) is 6. The molecule has 0 bridgehead atoms. The summed E-state index contributed by atoms with van der Waals surface area (Å²) in [5.74, 6) is -1.58. The van der Waals surface area contributed by atoms with Gasteiger partial charge in [-0.05, 0) is 70.3 Å². The molecular weight excluding hydrogens is 1000 g/mol. The van der Waals surface area contributed by atoms with E-state index < -0.39 is 135 Å². The van der Waals surface area contributed by atoms with Gasteiger partial charge in [0.2, 0.25) is 23.6 Å². The van der Waals surface area contributed by atoms with Crippen LogP contribution in [0.3, 0.4) is 0 Å². The summed E-state index contributed by atoms with van der Waals surface area (Å²) in [6.07, 6.45) is -20.1. The van der Waals surface area contributed by atoms with Crippen molar-refractivity contribution in [1.82, 2.24) is 20.4 Å². The number of piperidine rings is 1. The molecule has 0 aromatic heterocycles. The van der Waals surface area contributed by atoms with E-state index in [2.05, 4.69) is 10.6 Å². The van der Waals surface area contributed by atoms with Crippen LogP contribution in [-0.2, 0) is 52.4 Å². The molecule has 0 aromatic rings. The number of Topliss-reactive ketones (excluding diaryl/α,β-unsaturated/α-hetero) is 1. The number of ketones is 1. The molecule has 28 nitrogen and oxygen atoms in total. The maximum absolute atomic E-state index is 14.2. The molecule has 4 fully saturated rings. The first kappa shape index (κ1) is 64.3. The number of likely N-dealkylation sites (tertiary alicyclic amines) is 1. The first-order valence-corrected chi connectivity index (χ1v) is 25.8. The Morgan fingerprint density at radius 2 is 1.09 bits per heavy atom. The van der Waals surface area contributed by atoms with Crippen LogP contribution in [-0.4, -0.2) is 278 Å². The molecule has 16 atom stereocenters. The van der Waals surface area contributed by atoms with Gasteiger partial charge in [-0.15, -0.1) is 0 Å². The fourth-order valence-electron chi connectivity index (χ4n) is 9.44. The first-order chi connectivity index (χ1) is 35.7. The number of hydrogen-bond acceptors (Lipinski definition) is 24. The molecular formula is C47H83N5O23. The summed E-state index contributed by atoms with van der Waals surface area (Å²) in [5, 5.41) is 127. The van der Waals surface area contributed by atoms with Gasteiger partial charge >= 0.3 is 0 Å². The maximum atomic E-state index is 14.2. The van der Waals surface area contributed by atoms with Gasteiger partial charge < -0.3 is 116 Å². The Labute approximate surface area is 434 Å². The standard InChI is InChI=1S/C47H83N5O23/c1-26(56)27(6-4-5-13-48)50-31(57)7-2-3-8-33(59)51-15-11-47(12-16-51,22-32(58)49-14-19-70-44-41(67)38(64)35(61)28(23-53)73-44)10-9-34(60)52(17-20-71-45-42(68)39(65)36(62)29(24-54)74-45)18-21-72-46-43(69)40(66)37(63)30(25-55)75-46/h27-30,35-46,53-55,61-69H,2-25,48H2,1H3,(H,49,58)(H,50,57)/t27-,28+,29+,30+,35+,36+,37+,38-,39-,40-,41+,42-,43-,44+,45-,46-/m0/s1. The highest BCUT2D eigenvalue weighted by atomic mass is 16.7. The molecule has 16 N–H and O–H groups in total. The van der Waals surface area contributed by atoms with Crippen molar-refractivity contribution in [2.24, 2.45) is 11.1 Å². The van der Waals surface area contributed by atoms with Crippen molar-refractivity contribution in [2.75, 3.05) is 78.9 Å². The number of hydrogen-bond donors (Lipinski definition) is 15. The van der Waals surface area contributed by atoms with E-state index in [-0.39, 0.29) is 115 Å². The molecule has 28 heteroatoms. The Morgan fingerprint density at radius 3 is 1.55 bits per heavy atom. The first-order valence-electron chi connectivity index (χ1n) is 25.8. The zero-order chi connectivity index (χ0) is 55.4. The molecule has 4 aliphatic heterocycles. The predicted molar refractivity (Wildman–Crippen MR) is 255 cm³/mol. The molecule has 4 amide bonds. The van der Waals surface area contributed by atoms with Gasteiger partial charge in [0.25, 0.3) is 0 Å². The van der Waals surface area contributed by atoms with Crippen molar-refractivity contribution in [3.05, 3.63) is 0 Å². The van der Waals surface area contributed by atoms with E-state index in [4.69, 9.17) is 34.2 Å². The number of carbonyl (C=O) groups excluding carboxylic acids is 5. The van der Waals surface area contributed by atoms with Crippen LogP contribution >= 0.6 is 0 Å². The van der Waals surface area contributed by atoms with E-state index in [1.807, 2.05) is 0 Å². The summed E-state index contributed by atoms with van der Waals surface area (Å²) in [5.41, 5.74) is 4.68. The monoisotopic (exact) mass is 1090 g/mol. The molecule has 0 unspecified atom stereocenters. The lowest BCUT2D eigenvalue weighted by Gasteiger charge is -2.42. The van der Waals surface area contributed by atoms with Crippen LogP contribution < -0.4 is 16.4 Å². The molecule has 0 radical (unpaired) electrons. The molecule has 4 rings (SSSR count). The number of nitrogens with two attached hydrogens (primary N) is 1. The second kappa shape index (κ2) is 32.0. The van der Waals surface area contributed by atoms with E-state index in [9.17, 15) is 85.3 Å². The Hall–Kier alpha value is -3.21. The van der Waals surface area contributed by atoms with Crippen molar-refractivity contribution >= 4 is 29.4 Å². The second-order valence-electron chi connectivity index (χ2n) is 19.7. The minimum atomic E-state index is -1.74. The van der Waals surface area contributed by atoms with Crippen molar-refractivity contribution in [3.63, 3.8) is 0 Å². The van der Waals surface area contributed by atoms with Gasteiger partial charge in [-0.3, -0.25) is 24.0 Å². The molecule has 4 aliphatic rings. The number of unbranched alkanes of at least 4 members (excludes halogenated alkanes) is 2. The summed E-state index contributed by atoms with van der Waals surface area (Å²) in [4.78, 5) is 68.9. The smallest absolute Gasteiger partial charge is 0.222 e. The van der Waals surface area contributed by atoms with Crippen LogP contribution in [0.15, 0.2) is 0 Å². The third-order valence-corrected chi connectivity index (χ3v) is 14.3. The summed E-state index contributed by atoms with van der Waals surface area (Å²) in [6.45, 7) is -1.17. The highest BCUT2D eigenvalue weighted by Gasteiger charge is 2.47. The molecule has 4 heterocycles. The highest BCUT2D eigenvalue weighted by Crippen LogP contribution is 2.40. The third-order valence-electron chi connectivity index (χ3n) is 14.3. The summed E-state index contributed by atoms with van der Waals surface area (Å²) >= 11 is 0. The molecule has 0 aromatic carbocycles. The molecule has 75 heavy (non-hydrogen) atoms. The largest absolute Gasteiger partial charge is 0.394 e. The number of amides is 4. The average molecular weight is 1090 g/mol. The number of carbonyl (C=O) groups is 5. The van der Waals surface area contributed by atoms with E-state index >= 15 is 0 Å². The Kier molecular flexibility index (Phi) is 27.4. The van der Waals surface area contributed by atoms with Crippen molar-refractivity contribution < 1.29 is 114 Å². The summed E-state index contributed by atoms with van der Waals surface area (Å²) in [6, 6.07) is -0.609. The zero-order valence-corrected chi connectivity index (χ0v) is 42.5. The van der Waals surface area contributed by atoms with Gasteiger partial charge in [0.05, 0.1) is 45.7 Å². The van der Waals surface area contributed by atoms with Crippen LogP contribution in [0.5, 0.6) is 0 Å². The number of rotatable bonds is 31. The van der Waals surface area contributed by atoms with Gasteiger partial charge in [0.1, 0.15) is 73.2 Å². The Bertz CT molecular complexity index is 1700. The lowest BCUT2D eigenvalue weighted by Crippen LogP contribution is -2.59. The van der Waals surface area contributed by atoms with Gasteiger partial charge in [0.15, 0.2) is 24.7 Å². The fraction of sp³-hybridized carbons (Fsp3) is 0.894. The van der Waals surface area contributed by atoms with Gasteiger partial charge in [-0.1, -0.05) is 0 Å². The fourth-order valence-corrected chi connectivity index (χ4v) is 9.44. The Morgan fingerprint density at radius 1 is 0.627 bits per heavy atom. The minimum Gasteiger partial charge on any atom is -0.394 e. The lowest BCUT2D eigenvalue weighted by molar-refractivity contribution is -0.303. The number of aliphatic hydroxyl groups excluding tert-OH is 12. The summed E-state index contributed by atoms with van der Waals surface area (Å²) in [7, 11) is 0. The molecule has 0 aliphatic carbocycles. The van der Waals surface area contributed by atoms with Crippen LogP contribution in [0.2, 0.25) is 0 Å². The molecule has 0 saturated carbocycles. The van der Waals surface area contributed by atoms with Crippen LogP contribution in [0.4, 0.5) is 0 Å². The van der Waals surface area contributed by atoms with Crippen LogP contribution in [0.25, 0.3) is 0 Å². The molecule has 434 valence electrons. The predicted octanol–water partition coefficient (Wildman–Crippen LogP) is -7.08. The second-order valence-corrected chi connectivity index (χ2v) is 19.7. The molecule has 4 saturated heterocycles. The van der Waals surface area contributed by atoms with Crippen LogP contribution in [0, 0.1) is 5.41 Å². The van der Waals surface area contributed by atoms with Crippen molar-refractivity contribution in [3.8, 4) is 0 Å². The maximum Gasteiger partial charge on any atom is 0.222 e. The number of nitrogens with one attached hydrogen (secondary N) is 2. The van der Waals surface area contributed by atoms with Gasteiger partial charge in [-0.25, -0.2) is 0 Å². The highest BCUT2D eigenvalue weighted by molar-refractivity contribution is 5.87. The van der Waals surface area contributed by atoms with Crippen molar-refractivity contribution in [2.45, 2.75) is 182 Å². The van der Waals surface area contributed by atoms with Gasteiger partial charge in [-0.2, -0.15) is 0 Å². The Balaban J connectivity index is 1.42. The normalized spacial score (nSPS) is 32.3. The lowest BCUT2D eigenvalue weighted by atomic mass is 9.72. The number of aliphatic hydroxyl groups is 12. The van der Waals surface area contributed by atoms with Crippen LogP contribution in [0.1, 0.15) is 84.0 Å². The van der Waals surface area contributed by atoms with Gasteiger partial charge in [0, 0.05) is 58.4 Å². The van der Waals surface area contributed by atoms with E-state index in [1.54, 1.807) is 4.90 Å². The van der Waals surface area contributed by atoms with Crippen molar-refractivity contribution in [1.29, 1.82) is 0 Å². The molecule has 0 spiro atoms. The SMILES string of the molecule is CC(=O)[C@H](CCCCN)NC(=O)CCCCC(=O)N1CCC(CCC(=O)N(CCO[C@H]2O[C@H](CO)[C@@H](O)[C@H](O)[C@@H]2O)CCO[C@H]2O[C@H](CO)[C@@H](O)[C@H](O)[C@@H]2O)(CC(=O)NCCO[C@@H]2O[C@H](CO)[C@@H](O)[C@H](O)[C@H]2O)CC1. The number of nitrogens with zero attached hydrogens (tertiary/aromatic N) is 2. The quantitative estimate of drug-likeness (QED) is 0.0287. The van der Waals surface area contributed by atoms with E-state index in [1.165, 1.54) is 11.8 Å². The zero-order valence-electron chi connectivity index (χ0n) is 42.5. The van der Waals surface area contributed by atoms with E-state index in [0.717, 1.165) is 6.42 Å². The topological polar surface area (TPSA) is 440 Å². The summed E-state index contributed by atoms with van der Waals surface area (Å²) < 4.78 is 33.0. The average Bonchev–Trinajstić information content (AvgIpc) is 3.39. The minimum absolute atomic E-state index is 0.105.